The molecule has 1 atom stereocenters. The Bertz CT molecular complexity index is 1110. The maximum absolute atomic E-state index is 10.0. The van der Waals surface area contributed by atoms with Crippen LogP contribution in [0, 0.1) is 30.6 Å². The fraction of sp³-hybridized carbons (Fsp3) is 0.370. The molecule has 0 saturated carbocycles. The van der Waals surface area contributed by atoms with Crippen molar-refractivity contribution in [2.75, 3.05) is 25.0 Å². The fourth-order valence-corrected chi connectivity index (χ4v) is 4.34. The Morgan fingerprint density at radius 1 is 1.39 bits per heavy atom. The second-order valence-electron chi connectivity index (χ2n) is 8.82. The zero-order valence-corrected chi connectivity index (χ0v) is 19.8. The molecule has 0 aliphatic heterocycles. The van der Waals surface area contributed by atoms with Gasteiger partial charge in [0.2, 0.25) is 0 Å². The maximum Gasteiger partial charge on any atom is 0.130 e. The van der Waals surface area contributed by atoms with E-state index in [1.54, 1.807) is 19.3 Å². The lowest BCUT2D eigenvalue weighted by Crippen LogP contribution is -2.35. The number of rotatable bonds is 10. The number of aromatic nitrogens is 1. The number of nitrogens with one attached hydrogen (secondary N) is 2. The second-order valence-corrected chi connectivity index (χ2v) is 8.82. The first kappa shape index (κ1) is 24.4. The normalized spacial score (nSPS) is 14.2. The predicted molar refractivity (Wildman–Crippen MR) is 135 cm³/mol. The molecule has 6 nitrogen and oxygen atoms in total. The number of hydrogen-bond acceptors (Lipinski definition) is 6. The van der Waals surface area contributed by atoms with E-state index in [9.17, 15) is 5.11 Å². The molecular formula is C27H33N5O. The first-order valence-corrected chi connectivity index (χ1v) is 11.3. The van der Waals surface area contributed by atoms with Crippen LogP contribution in [-0.4, -0.2) is 46.9 Å². The number of aliphatic hydroxyl groups is 1. The average Bonchev–Trinajstić information content (AvgIpc) is 3.17. The molecule has 0 bridgehead atoms. The molecule has 1 aliphatic carbocycles. The smallest absolute Gasteiger partial charge is 0.130 e. The van der Waals surface area contributed by atoms with Crippen LogP contribution in [0.3, 0.4) is 0 Å². The number of benzene rings is 1. The molecule has 0 fully saturated rings. The van der Waals surface area contributed by atoms with Crippen molar-refractivity contribution in [3.8, 4) is 6.07 Å². The van der Waals surface area contributed by atoms with Crippen molar-refractivity contribution in [1.29, 1.82) is 10.7 Å². The molecule has 1 heterocycles. The third-order valence-electron chi connectivity index (χ3n) is 6.22. The molecule has 1 aliphatic rings. The van der Waals surface area contributed by atoms with E-state index in [4.69, 9.17) is 10.7 Å². The third-order valence-corrected chi connectivity index (χ3v) is 6.22. The number of aliphatic hydroxyl groups excluding tert-OH is 1. The van der Waals surface area contributed by atoms with Crippen LogP contribution < -0.4 is 5.32 Å². The number of nitrogens with zero attached hydrogens (tertiary/aromatic N) is 3. The van der Waals surface area contributed by atoms with Crippen molar-refractivity contribution in [2.45, 2.75) is 46.1 Å². The summed E-state index contributed by atoms with van der Waals surface area (Å²) in [5.74, 6) is 0.628. The van der Waals surface area contributed by atoms with Crippen LogP contribution in [0.15, 0.2) is 42.7 Å². The Hall–Kier alpha value is -3.27. The topological polar surface area (TPSA) is 96.0 Å². The summed E-state index contributed by atoms with van der Waals surface area (Å²) in [6.07, 6.45) is 7.17. The maximum atomic E-state index is 10.0. The number of hydrogen-bond donors (Lipinski definition) is 3. The van der Waals surface area contributed by atoms with E-state index in [0.717, 1.165) is 36.9 Å². The Morgan fingerprint density at radius 3 is 2.85 bits per heavy atom. The Morgan fingerprint density at radius 2 is 2.18 bits per heavy atom. The van der Waals surface area contributed by atoms with Gasteiger partial charge in [0.25, 0.3) is 0 Å². The van der Waals surface area contributed by atoms with Gasteiger partial charge in [-0.3, -0.25) is 4.90 Å². The molecule has 33 heavy (non-hydrogen) atoms. The van der Waals surface area contributed by atoms with Gasteiger partial charge in [-0.05, 0) is 85.1 Å². The van der Waals surface area contributed by atoms with Crippen molar-refractivity contribution < 1.29 is 5.11 Å². The highest BCUT2D eigenvalue weighted by Crippen LogP contribution is 2.34. The number of allylic oxidation sites excluding steroid dienone is 1. The summed E-state index contributed by atoms with van der Waals surface area (Å²) in [7, 11) is 0. The van der Waals surface area contributed by atoms with Gasteiger partial charge in [0.05, 0.1) is 11.7 Å². The Balaban J connectivity index is 1.68. The molecule has 3 rings (SSSR count). The van der Waals surface area contributed by atoms with Crippen molar-refractivity contribution >= 4 is 17.6 Å². The Kier molecular flexibility index (Phi) is 8.16. The quantitative estimate of drug-likeness (QED) is 0.473. The lowest BCUT2D eigenvalue weighted by molar-refractivity contribution is 0.133. The van der Waals surface area contributed by atoms with Crippen LogP contribution >= 0.6 is 0 Å². The summed E-state index contributed by atoms with van der Waals surface area (Å²) in [6, 6.07) is 8.34. The highest BCUT2D eigenvalue weighted by molar-refractivity contribution is 5.77. The first-order valence-electron chi connectivity index (χ1n) is 11.3. The lowest BCUT2D eigenvalue weighted by atomic mass is 9.96. The molecule has 0 radical (unpaired) electrons. The van der Waals surface area contributed by atoms with Crippen molar-refractivity contribution in [3.05, 3.63) is 76.1 Å². The summed E-state index contributed by atoms with van der Waals surface area (Å²) in [6.45, 7) is 11.9. The van der Waals surface area contributed by atoms with Crippen molar-refractivity contribution in [2.24, 2.45) is 0 Å². The minimum atomic E-state index is -0.461. The van der Waals surface area contributed by atoms with Crippen LogP contribution in [0.1, 0.15) is 46.7 Å². The molecule has 1 aromatic heterocycles. The molecule has 172 valence electrons. The molecule has 1 unspecified atom stereocenters. The number of nitriles is 1. The monoisotopic (exact) mass is 443 g/mol. The number of fused-ring (bicyclic) bond motifs is 1. The van der Waals surface area contributed by atoms with Crippen LogP contribution in [-0.2, 0) is 12.8 Å². The van der Waals surface area contributed by atoms with Gasteiger partial charge >= 0.3 is 0 Å². The minimum Gasteiger partial charge on any atom is -0.392 e. The molecule has 1 aromatic carbocycles. The number of pyridine rings is 1. The van der Waals surface area contributed by atoms with Crippen LogP contribution in [0.5, 0.6) is 0 Å². The molecular weight excluding hydrogens is 410 g/mol. The molecule has 0 spiro atoms. The van der Waals surface area contributed by atoms with Crippen LogP contribution in [0.2, 0.25) is 0 Å². The fourth-order valence-electron chi connectivity index (χ4n) is 4.34. The van der Waals surface area contributed by atoms with E-state index >= 15 is 0 Å². The highest BCUT2D eigenvalue weighted by Gasteiger charge is 2.19. The van der Waals surface area contributed by atoms with E-state index < -0.39 is 6.10 Å². The Labute approximate surface area is 196 Å². The van der Waals surface area contributed by atoms with Gasteiger partial charge in [-0.1, -0.05) is 18.7 Å². The van der Waals surface area contributed by atoms with Crippen molar-refractivity contribution in [3.63, 3.8) is 0 Å². The van der Waals surface area contributed by atoms with Gasteiger partial charge in [-0.2, -0.15) is 5.26 Å². The summed E-state index contributed by atoms with van der Waals surface area (Å²) in [5, 5.41) is 30.1. The number of aryl methyl sites for hydroxylation is 1. The first-order chi connectivity index (χ1) is 15.8. The van der Waals surface area contributed by atoms with E-state index in [1.807, 2.05) is 13.0 Å². The largest absolute Gasteiger partial charge is 0.392 e. The summed E-state index contributed by atoms with van der Waals surface area (Å²) < 4.78 is 0. The van der Waals surface area contributed by atoms with Gasteiger partial charge in [0.15, 0.2) is 0 Å². The summed E-state index contributed by atoms with van der Waals surface area (Å²) in [5.41, 5.74) is 8.83. The second kappa shape index (κ2) is 11.0. The van der Waals surface area contributed by atoms with E-state index in [-0.39, 0.29) is 0 Å². The van der Waals surface area contributed by atoms with Gasteiger partial charge in [-0.25, -0.2) is 4.98 Å². The average molecular weight is 444 g/mol. The zero-order valence-electron chi connectivity index (χ0n) is 19.8. The third kappa shape index (κ3) is 6.16. The standard InChI is InChI=1S/C27H33N5O/c1-18-5-7-26-21(4)23(6-8-25(18)26)9-10-32(16-20(3)33)17-22(12-28)14-30-27-11-19(2)24(13-29)15-31-27/h6,8,11-12,14-15,20,28,33H,1,5,7,9-10,16-17H2,2-4H3,(H,30,31)/b22-14+,28-12?. The van der Waals surface area contributed by atoms with Gasteiger partial charge in [-0.15, -0.1) is 0 Å². The lowest BCUT2D eigenvalue weighted by Gasteiger charge is -2.25. The van der Waals surface area contributed by atoms with Crippen molar-refractivity contribution in [1.82, 2.24) is 9.88 Å². The molecule has 0 saturated heterocycles. The van der Waals surface area contributed by atoms with Gasteiger partial charge in [0.1, 0.15) is 11.9 Å². The zero-order chi connectivity index (χ0) is 24.0. The van der Waals surface area contributed by atoms with Gasteiger partial charge < -0.3 is 15.8 Å². The molecule has 0 amide bonds. The van der Waals surface area contributed by atoms with E-state index in [1.165, 1.54) is 34.0 Å². The highest BCUT2D eigenvalue weighted by atomic mass is 16.3. The minimum absolute atomic E-state index is 0.461. The van der Waals surface area contributed by atoms with Gasteiger partial charge in [0, 0.05) is 38.2 Å². The SMILES string of the molecule is C=C1CCc2c1ccc(CCN(C/C(C=N)=C/Nc1cc(C)c(C#N)cn1)CC(C)O)c2C. The number of anilines is 1. The molecule has 3 N–H and O–H groups in total. The molecule has 2 aromatic rings. The van der Waals surface area contributed by atoms with E-state index in [2.05, 4.69) is 46.9 Å². The molecule has 6 heteroatoms. The predicted octanol–water partition coefficient (Wildman–Crippen LogP) is 4.40. The summed E-state index contributed by atoms with van der Waals surface area (Å²) >= 11 is 0. The van der Waals surface area contributed by atoms with Crippen LogP contribution in [0.4, 0.5) is 5.82 Å². The van der Waals surface area contributed by atoms with Crippen LogP contribution in [0.25, 0.3) is 5.57 Å². The van der Waals surface area contributed by atoms with E-state index in [0.29, 0.717) is 24.5 Å². The summed E-state index contributed by atoms with van der Waals surface area (Å²) in [4.78, 5) is 6.42.